The molecule has 0 fully saturated rings. The largest absolute Gasteiger partial charge is 0.513 e. The van der Waals surface area contributed by atoms with E-state index in [0.717, 1.165) is 4.57 Å². The van der Waals surface area contributed by atoms with Crippen molar-refractivity contribution in [2.24, 2.45) is 0 Å². The lowest BCUT2D eigenvalue weighted by molar-refractivity contribution is -0.390. The van der Waals surface area contributed by atoms with Crippen LogP contribution in [0, 0.1) is 10.1 Å². The number of nitro groups is 1. The highest BCUT2D eigenvalue weighted by molar-refractivity contribution is 6.35. The first-order valence-electron chi connectivity index (χ1n) is 5.88. The minimum atomic E-state index is -0.804. The lowest BCUT2D eigenvalue weighted by atomic mass is 10.2. The summed E-state index contributed by atoms with van der Waals surface area (Å²) in [6.07, 6.45) is -0.804. The number of aromatic nitrogens is 1. The molecule has 2 aromatic rings. The quantitative estimate of drug-likeness (QED) is 0.589. The van der Waals surface area contributed by atoms with Gasteiger partial charge in [0.05, 0.1) is 5.02 Å². The third-order valence-electron chi connectivity index (χ3n) is 2.54. The maximum atomic E-state index is 12.2. The number of hydrogen-bond donors (Lipinski definition) is 0. The summed E-state index contributed by atoms with van der Waals surface area (Å²) in [6.45, 7) is 5.07. The van der Waals surface area contributed by atoms with E-state index in [0.29, 0.717) is 15.9 Å². The fourth-order valence-electron chi connectivity index (χ4n) is 1.81. The summed E-state index contributed by atoms with van der Waals surface area (Å²) in [5.74, 6) is -0.373. The summed E-state index contributed by atoms with van der Waals surface area (Å²) in [5.41, 5.74) is -0.404. The summed E-state index contributed by atoms with van der Waals surface area (Å²) in [7, 11) is 0. The van der Waals surface area contributed by atoms with Crippen LogP contribution in [0.3, 0.4) is 0 Å². The van der Waals surface area contributed by atoms with Gasteiger partial charge in [0.1, 0.15) is 11.1 Å². The van der Waals surface area contributed by atoms with E-state index in [1.54, 1.807) is 39.0 Å². The number of fused-ring (bicyclic) bond motifs is 1. The van der Waals surface area contributed by atoms with Crippen molar-refractivity contribution in [1.82, 2.24) is 4.57 Å². The average Bonchev–Trinajstić information content (AvgIpc) is 2.67. The van der Waals surface area contributed by atoms with E-state index < -0.39 is 16.6 Å². The van der Waals surface area contributed by atoms with E-state index in [1.165, 1.54) is 6.07 Å². The molecular weight excluding hydrogens is 284 g/mol. The van der Waals surface area contributed by atoms with Gasteiger partial charge in [0, 0.05) is 11.5 Å². The molecule has 0 bridgehead atoms. The van der Waals surface area contributed by atoms with E-state index >= 15 is 0 Å². The van der Waals surface area contributed by atoms with Crippen molar-refractivity contribution in [1.29, 1.82) is 0 Å². The van der Waals surface area contributed by atoms with Gasteiger partial charge >= 0.3 is 11.9 Å². The molecule has 1 aromatic heterocycles. The number of carbonyl (C=O) groups excluding carboxylic acids is 1. The van der Waals surface area contributed by atoms with Crippen LogP contribution in [0.15, 0.2) is 24.3 Å². The first-order valence-corrected chi connectivity index (χ1v) is 6.26. The third kappa shape index (κ3) is 2.60. The Labute approximate surface area is 120 Å². The molecule has 0 amide bonds. The summed E-state index contributed by atoms with van der Waals surface area (Å²) < 4.78 is 6.12. The fourth-order valence-corrected chi connectivity index (χ4v) is 2.04. The van der Waals surface area contributed by atoms with Crippen molar-refractivity contribution in [2.45, 2.75) is 26.4 Å². The first kappa shape index (κ1) is 14.3. The van der Waals surface area contributed by atoms with E-state index in [1.807, 2.05) is 0 Å². The van der Waals surface area contributed by atoms with Gasteiger partial charge in [-0.05, 0) is 37.8 Å². The van der Waals surface area contributed by atoms with Gasteiger partial charge < -0.3 is 14.9 Å². The van der Waals surface area contributed by atoms with Crippen molar-refractivity contribution >= 4 is 34.4 Å². The van der Waals surface area contributed by atoms with E-state index in [-0.39, 0.29) is 5.82 Å². The Morgan fingerprint density at radius 1 is 1.40 bits per heavy atom. The molecule has 0 saturated carbocycles. The minimum Gasteiger partial charge on any atom is -0.425 e. The van der Waals surface area contributed by atoms with Crippen LogP contribution in [0.25, 0.3) is 10.9 Å². The van der Waals surface area contributed by atoms with Crippen LogP contribution in [0.5, 0.6) is 0 Å². The second-order valence-corrected chi connectivity index (χ2v) is 5.66. The van der Waals surface area contributed by atoms with Gasteiger partial charge in [-0.25, -0.2) is 0 Å². The van der Waals surface area contributed by atoms with Crippen LogP contribution in [0.4, 0.5) is 10.6 Å². The van der Waals surface area contributed by atoms with Gasteiger partial charge in [0.2, 0.25) is 0 Å². The highest BCUT2D eigenvalue weighted by Crippen LogP contribution is 2.31. The number of rotatable bonds is 1. The highest BCUT2D eigenvalue weighted by Gasteiger charge is 2.30. The van der Waals surface area contributed by atoms with Crippen molar-refractivity contribution in [3.8, 4) is 0 Å². The van der Waals surface area contributed by atoms with Gasteiger partial charge in [0.25, 0.3) is 0 Å². The Morgan fingerprint density at radius 2 is 2.05 bits per heavy atom. The molecule has 20 heavy (non-hydrogen) atoms. The number of ether oxygens (including phenoxy) is 1. The van der Waals surface area contributed by atoms with Crippen LogP contribution in [-0.4, -0.2) is 21.2 Å². The van der Waals surface area contributed by atoms with Crippen molar-refractivity contribution in [3.05, 3.63) is 39.4 Å². The number of carbonyl (C=O) groups is 1. The maximum Gasteiger partial charge on any atom is 0.513 e. The molecule has 0 aliphatic rings. The smallest absolute Gasteiger partial charge is 0.425 e. The lowest BCUT2D eigenvalue weighted by Crippen LogP contribution is -2.27. The van der Waals surface area contributed by atoms with E-state index in [2.05, 4.69) is 0 Å². The average molecular weight is 297 g/mol. The van der Waals surface area contributed by atoms with Gasteiger partial charge in [0.15, 0.2) is 0 Å². The van der Waals surface area contributed by atoms with E-state index in [4.69, 9.17) is 16.3 Å². The normalized spacial score (nSPS) is 11.6. The molecule has 2 rings (SSSR count). The van der Waals surface area contributed by atoms with Gasteiger partial charge in [-0.2, -0.15) is 4.79 Å². The summed E-state index contributed by atoms with van der Waals surface area (Å²) in [6, 6.07) is 6.07. The zero-order valence-corrected chi connectivity index (χ0v) is 12.0. The Hall–Kier alpha value is -2.08. The van der Waals surface area contributed by atoms with Gasteiger partial charge in [-0.1, -0.05) is 17.7 Å². The predicted octanol–water partition coefficient (Wildman–Crippen LogP) is 3.99. The number of benzene rings is 1. The van der Waals surface area contributed by atoms with Crippen LogP contribution in [-0.2, 0) is 4.74 Å². The molecule has 0 atom stereocenters. The molecule has 0 aliphatic heterocycles. The predicted molar refractivity (Wildman–Crippen MR) is 75.2 cm³/mol. The molecule has 0 spiro atoms. The van der Waals surface area contributed by atoms with Crippen LogP contribution >= 0.6 is 11.6 Å². The van der Waals surface area contributed by atoms with Gasteiger partial charge in [-0.15, -0.1) is 4.57 Å². The number of halogens is 1. The monoisotopic (exact) mass is 296 g/mol. The van der Waals surface area contributed by atoms with Crippen molar-refractivity contribution in [3.63, 3.8) is 0 Å². The minimum absolute atomic E-state index is 0.341. The standard InChI is InChI=1S/C13H13ClN2O4/c1-13(2,3)20-12(17)15-10-6-4-5-9(14)8(10)7-11(15)16(18)19/h4-7H,1-3H3. The molecular formula is C13H13ClN2O4. The molecule has 1 aromatic carbocycles. The molecule has 6 nitrogen and oxygen atoms in total. The molecule has 0 saturated heterocycles. The second-order valence-electron chi connectivity index (χ2n) is 5.25. The Balaban J connectivity index is 2.67. The molecule has 106 valence electrons. The number of hydrogen-bond acceptors (Lipinski definition) is 4. The second kappa shape index (κ2) is 4.79. The molecule has 7 heteroatoms. The lowest BCUT2D eigenvalue weighted by Gasteiger charge is -2.17. The highest BCUT2D eigenvalue weighted by atomic mass is 35.5. The molecule has 0 radical (unpaired) electrons. The van der Waals surface area contributed by atoms with Crippen molar-refractivity contribution in [2.75, 3.05) is 0 Å². The Kier molecular flexibility index (Phi) is 3.43. The molecule has 0 unspecified atom stereocenters. The third-order valence-corrected chi connectivity index (χ3v) is 2.87. The SMILES string of the molecule is CC(C)(C)OC(=O)n1c([N+](=O)[O-])cc2c(Cl)cccc21. The van der Waals surface area contributed by atoms with Crippen LogP contribution in [0.2, 0.25) is 5.02 Å². The number of nitrogens with zero attached hydrogens (tertiary/aromatic N) is 2. The first-order chi connectivity index (χ1) is 9.20. The van der Waals surface area contributed by atoms with E-state index in [9.17, 15) is 14.9 Å². The molecule has 0 N–H and O–H groups in total. The zero-order valence-electron chi connectivity index (χ0n) is 11.2. The maximum absolute atomic E-state index is 12.2. The van der Waals surface area contributed by atoms with Crippen molar-refractivity contribution < 1.29 is 14.5 Å². The molecule has 1 heterocycles. The topological polar surface area (TPSA) is 74.4 Å². The van der Waals surface area contributed by atoms with Gasteiger partial charge in [-0.3, -0.25) is 0 Å². The summed E-state index contributed by atoms with van der Waals surface area (Å²) in [4.78, 5) is 22.6. The van der Waals surface area contributed by atoms with Crippen LogP contribution < -0.4 is 0 Å². The summed E-state index contributed by atoms with van der Waals surface area (Å²) in [5, 5.41) is 11.9. The zero-order chi connectivity index (χ0) is 15.1. The summed E-state index contributed by atoms with van der Waals surface area (Å²) >= 11 is 6.00. The molecule has 0 aliphatic carbocycles. The van der Waals surface area contributed by atoms with Crippen LogP contribution in [0.1, 0.15) is 20.8 Å². The Morgan fingerprint density at radius 3 is 2.60 bits per heavy atom. The Bertz CT molecular complexity index is 700. The fraction of sp³-hybridized carbons (Fsp3) is 0.308.